The SMILES string of the molecule is CC1CCCc2cnc(C3COCCN3)n21. The van der Waals surface area contributed by atoms with Crippen molar-refractivity contribution in [1.29, 1.82) is 0 Å². The average Bonchev–Trinajstić information content (AvgIpc) is 2.75. The Morgan fingerprint density at radius 3 is 3.31 bits per heavy atom. The minimum atomic E-state index is 0.281. The molecule has 1 saturated heterocycles. The fraction of sp³-hybridized carbons (Fsp3) is 0.750. The van der Waals surface area contributed by atoms with Gasteiger partial charge in [-0.05, 0) is 26.2 Å². The molecule has 1 N–H and O–H groups in total. The van der Waals surface area contributed by atoms with Gasteiger partial charge in [-0.25, -0.2) is 4.98 Å². The van der Waals surface area contributed by atoms with Crippen LogP contribution >= 0.6 is 0 Å². The van der Waals surface area contributed by atoms with Gasteiger partial charge in [0, 0.05) is 24.5 Å². The zero-order valence-electron chi connectivity index (χ0n) is 9.78. The number of imidazole rings is 1. The van der Waals surface area contributed by atoms with Crippen LogP contribution in [-0.2, 0) is 11.2 Å². The van der Waals surface area contributed by atoms with Crippen molar-refractivity contribution in [2.45, 2.75) is 38.3 Å². The normalized spacial score (nSPS) is 30.1. The summed E-state index contributed by atoms with van der Waals surface area (Å²) in [5.41, 5.74) is 1.39. The molecule has 2 aliphatic rings. The third kappa shape index (κ3) is 1.66. The van der Waals surface area contributed by atoms with E-state index in [0.717, 1.165) is 19.8 Å². The molecule has 2 atom stereocenters. The van der Waals surface area contributed by atoms with Gasteiger partial charge in [-0.3, -0.25) is 0 Å². The number of ether oxygens (including phenoxy) is 1. The van der Waals surface area contributed by atoms with E-state index >= 15 is 0 Å². The summed E-state index contributed by atoms with van der Waals surface area (Å²) in [5.74, 6) is 1.17. The number of aromatic nitrogens is 2. The Labute approximate surface area is 96.0 Å². The highest BCUT2D eigenvalue weighted by atomic mass is 16.5. The Balaban J connectivity index is 1.91. The van der Waals surface area contributed by atoms with E-state index in [4.69, 9.17) is 4.74 Å². The first-order valence-corrected chi connectivity index (χ1v) is 6.23. The molecule has 0 spiro atoms. The Morgan fingerprint density at radius 2 is 2.50 bits per heavy atom. The molecular weight excluding hydrogens is 202 g/mol. The Hall–Kier alpha value is -0.870. The van der Waals surface area contributed by atoms with Crippen LogP contribution < -0.4 is 5.32 Å². The van der Waals surface area contributed by atoms with E-state index < -0.39 is 0 Å². The molecule has 0 amide bonds. The van der Waals surface area contributed by atoms with Gasteiger partial charge in [0.2, 0.25) is 0 Å². The number of nitrogens with zero attached hydrogens (tertiary/aromatic N) is 2. The van der Waals surface area contributed by atoms with Gasteiger partial charge in [0.25, 0.3) is 0 Å². The third-order valence-electron chi connectivity index (χ3n) is 3.63. The van der Waals surface area contributed by atoms with Crippen molar-refractivity contribution in [3.05, 3.63) is 17.7 Å². The van der Waals surface area contributed by atoms with Gasteiger partial charge in [0.15, 0.2) is 0 Å². The predicted molar refractivity (Wildman–Crippen MR) is 61.4 cm³/mol. The summed E-state index contributed by atoms with van der Waals surface area (Å²) in [4.78, 5) is 4.59. The number of hydrogen-bond acceptors (Lipinski definition) is 3. The van der Waals surface area contributed by atoms with Gasteiger partial charge < -0.3 is 14.6 Å². The van der Waals surface area contributed by atoms with Crippen molar-refractivity contribution in [3.8, 4) is 0 Å². The van der Waals surface area contributed by atoms with Crippen LogP contribution in [0.3, 0.4) is 0 Å². The third-order valence-corrected chi connectivity index (χ3v) is 3.63. The van der Waals surface area contributed by atoms with Gasteiger partial charge in [-0.15, -0.1) is 0 Å². The van der Waals surface area contributed by atoms with Crippen molar-refractivity contribution in [2.24, 2.45) is 0 Å². The van der Waals surface area contributed by atoms with E-state index in [1.54, 1.807) is 0 Å². The van der Waals surface area contributed by atoms with Crippen LogP contribution in [0.25, 0.3) is 0 Å². The van der Waals surface area contributed by atoms with Gasteiger partial charge in [0.1, 0.15) is 5.82 Å². The Kier molecular flexibility index (Phi) is 2.69. The number of rotatable bonds is 1. The molecule has 0 aromatic carbocycles. The van der Waals surface area contributed by atoms with Gasteiger partial charge in [-0.1, -0.05) is 0 Å². The van der Waals surface area contributed by atoms with Crippen LogP contribution in [0.5, 0.6) is 0 Å². The molecule has 1 aromatic heterocycles. The summed E-state index contributed by atoms with van der Waals surface area (Å²) < 4.78 is 7.93. The van der Waals surface area contributed by atoms with Crippen LogP contribution in [0.4, 0.5) is 0 Å². The van der Waals surface area contributed by atoms with E-state index in [1.807, 2.05) is 6.20 Å². The van der Waals surface area contributed by atoms with Gasteiger partial charge >= 0.3 is 0 Å². The molecule has 0 aliphatic carbocycles. The summed E-state index contributed by atoms with van der Waals surface area (Å²) in [6.45, 7) is 4.79. The maximum absolute atomic E-state index is 5.52. The topological polar surface area (TPSA) is 39.1 Å². The molecule has 1 fully saturated rings. The highest BCUT2D eigenvalue weighted by Crippen LogP contribution is 2.29. The second-order valence-corrected chi connectivity index (χ2v) is 4.80. The largest absolute Gasteiger partial charge is 0.378 e. The van der Waals surface area contributed by atoms with Crippen molar-refractivity contribution >= 4 is 0 Å². The maximum atomic E-state index is 5.52. The number of nitrogens with one attached hydrogen (secondary N) is 1. The molecule has 3 heterocycles. The molecule has 1 aromatic rings. The number of morpholine rings is 1. The minimum absolute atomic E-state index is 0.281. The Morgan fingerprint density at radius 1 is 1.56 bits per heavy atom. The number of hydrogen-bond donors (Lipinski definition) is 1. The first kappa shape index (κ1) is 10.3. The van der Waals surface area contributed by atoms with Crippen molar-refractivity contribution in [1.82, 2.24) is 14.9 Å². The monoisotopic (exact) mass is 221 g/mol. The maximum Gasteiger partial charge on any atom is 0.128 e. The summed E-state index contributed by atoms with van der Waals surface area (Å²) in [6.07, 6.45) is 5.77. The fourth-order valence-corrected chi connectivity index (χ4v) is 2.80. The van der Waals surface area contributed by atoms with E-state index in [-0.39, 0.29) is 6.04 Å². The molecule has 0 radical (unpaired) electrons. The van der Waals surface area contributed by atoms with Crippen LogP contribution in [0.2, 0.25) is 0 Å². The molecule has 2 aliphatic heterocycles. The van der Waals surface area contributed by atoms with Crippen LogP contribution in [-0.4, -0.2) is 29.3 Å². The van der Waals surface area contributed by atoms with Crippen LogP contribution in [0, 0.1) is 0 Å². The van der Waals surface area contributed by atoms with Gasteiger partial charge in [0.05, 0.1) is 19.3 Å². The molecular formula is C12H19N3O. The Bertz CT molecular complexity index is 368. The summed E-state index contributed by atoms with van der Waals surface area (Å²) in [5, 5.41) is 3.48. The van der Waals surface area contributed by atoms with Crippen LogP contribution in [0.15, 0.2) is 6.20 Å². The summed E-state index contributed by atoms with van der Waals surface area (Å²) in [6, 6.07) is 0.869. The lowest BCUT2D eigenvalue weighted by Crippen LogP contribution is -2.37. The second kappa shape index (κ2) is 4.18. The average molecular weight is 221 g/mol. The first-order valence-electron chi connectivity index (χ1n) is 6.23. The molecule has 2 unspecified atom stereocenters. The smallest absolute Gasteiger partial charge is 0.128 e. The zero-order valence-corrected chi connectivity index (χ0v) is 9.78. The van der Waals surface area contributed by atoms with Crippen molar-refractivity contribution in [3.63, 3.8) is 0 Å². The highest BCUT2D eigenvalue weighted by molar-refractivity contribution is 5.13. The molecule has 3 rings (SSSR count). The first-order chi connectivity index (χ1) is 7.86. The van der Waals surface area contributed by atoms with Crippen molar-refractivity contribution in [2.75, 3.05) is 19.8 Å². The van der Waals surface area contributed by atoms with E-state index in [0.29, 0.717) is 6.04 Å². The zero-order chi connectivity index (χ0) is 11.0. The molecule has 0 bridgehead atoms. The minimum Gasteiger partial charge on any atom is -0.378 e. The summed E-state index contributed by atoms with van der Waals surface area (Å²) in [7, 11) is 0. The molecule has 88 valence electrons. The molecule has 16 heavy (non-hydrogen) atoms. The molecule has 4 nitrogen and oxygen atoms in total. The fourth-order valence-electron chi connectivity index (χ4n) is 2.80. The second-order valence-electron chi connectivity index (χ2n) is 4.80. The summed E-state index contributed by atoms with van der Waals surface area (Å²) >= 11 is 0. The van der Waals surface area contributed by atoms with E-state index in [1.165, 1.54) is 30.8 Å². The predicted octanol–water partition coefficient (Wildman–Crippen LogP) is 1.44. The van der Waals surface area contributed by atoms with Crippen molar-refractivity contribution < 1.29 is 4.74 Å². The van der Waals surface area contributed by atoms with Crippen LogP contribution in [0.1, 0.15) is 43.4 Å². The number of fused-ring (bicyclic) bond motifs is 1. The van der Waals surface area contributed by atoms with Gasteiger partial charge in [-0.2, -0.15) is 0 Å². The molecule has 4 heteroatoms. The number of aryl methyl sites for hydroxylation is 1. The lowest BCUT2D eigenvalue weighted by molar-refractivity contribution is 0.0723. The van der Waals surface area contributed by atoms with E-state index in [2.05, 4.69) is 21.8 Å². The quantitative estimate of drug-likeness (QED) is 0.780. The standard InChI is InChI=1S/C12H19N3O/c1-9-3-2-4-10-7-14-12(15(9)10)11-8-16-6-5-13-11/h7,9,11,13H,2-6,8H2,1H3. The lowest BCUT2D eigenvalue weighted by atomic mass is 10.0. The lowest BCUT2D eigenvalue weighted by Gasteiger charge is -2.29. The highest BCUT2D eigenvalue weighted by Gasteiger charge is 2.26. The van der Waals surface area contributed by atoms with E-state index in [9.17, 15) is 0 Å². The molecule has 0 saturated carbocycles.